The molecule has 1 aromatic carbocycles. The monoisotopic (exact) mass is 205 g/mol. The van der Waals surface area contributed by atoms with Gasteiger partial charge in [0.05, 0.1) is 0 Å². The van der Waals surface area contributed by atoms with Crippen molar-refractivity contribution >= 4 is 5.69 Å². The summed E-state index contributed by atoms with van der Waals surface area (Å²) < 4.78 is 0. The summed E-state index contributed by atoms with van der Waals surface area (Å²) in [5.74, 6) is 1.33. The molecule has 0 spiro atoms. The van der Waals surface area contributed by atoms with E-state index >= 15 is 0 Å². The van der Waals surface area contributed by atoms with Crippen LogP contribution in [-0.4, -0.2) is 6.54 Å². The minimum atomic E-state index is 0.589. The lowest BCUT2D eigenvalue weighted by atomic mass is 10.0. The van der Waals surface area contributed by atoms with Crippen molar-refractivity contribution in [2.24, 2.45) is 5.92 Å². The van der Waals surface area contributed by atoms with E-state index in [-0.39, 0.29) is 0 Å². The molecule has 1 heteroatoms. The molecule has 0 aliphatic rings. The summed E-state index contributed by atoms with van der Waals surface area (Å²) in [6.07, 6.45) is 1.23. The highest BCUT2D eigenvalue weighted by molar-refractivity contribution is 5.52. The Balaban J connectivity index is 2.67. The van der Waals surface area contributed by atoms with Crippen LogP contribution in [0.25, 0.3) is 0 Å². The smallest absolute Gasteiger partial charge is 0.0375 e. The SMILES string of the molecule is CCC(C)CNc1ccccc1C(C)C. The van der Waals surface area contributed by atoms with Crippen LogP contribution in [0, 0.1) is 5.92 Å². The first-order valence-electron chi connectivity index (χ1n) is 5.98. The van der Waals surface area contributed by atoms with Crippen LogP contribution in [0.4, 0.5) is 5.69 Å². The number of nitrogens with one attached hydrogen (secondary N) is 1. The summed E-state index contributed by atoms with van der Waals surface area (Å²) in [5.41, 5.74) is 2.72. The van der Waals surface area contributed by atoms with Crippen LogP contribution >= 0.6 is 0 Å². The molecule has 0 amide bonds. The molecule has 15 heavy (non-hydrogen) atoms. The van der Waals surface area contributed by atoms with E-state index in [0.29, 0.717) is 5.92 Å². The molecule has 1 N–H and O–H groups in total. The molecular weight excluding hydrogens is 182 g/mol. The fraction of sp³-hybridized carbons (Fsp3) is 0.571. The lowest BCUT2D eigenvalue weighted by molar-refractivity contribution is 0.593. The van der Waals surface area contributed by atoms with Crippen molar-refractivity contribution in [3.8, 4) is 0 Å². The fourth-order valence-electron chi connectivity index (χ4n) is 1.59. The molecule has 1 rings (SSSR count). The van der Waals surface area contributed by atoms with Gasteiger partial charge in [-0.15, -0.1) is 0 Å². The predicted molar refractivity (Wildman–Crippen MR) is 68.5 cm³/mol. The quantitative estimate of drug-likeness (QED) is 0.757. The van der Waals surface area contributed by atoms with Gasteiger partial charge >= 0.3 is 0 Å². The fourth-order valence-corrected chi connectivity index (χ4v) is 1.59. The van der Waals surface area contributed by atoms with Crippen LogP contribution in [-0.2, 0) is 0 Å². The molecule has 0 aromatic heterocycles. The van der Waals surface area contributed by atoms with Crippen molar-refractivity contribution < 1.29 is 0 Å². The molecule has 0 saturated heterocycles. The number of anilines is 1. The minimum absolute atomic E-state index is 0.589. The van der Waals surface area contributed by atoms with Gasteiger partial charge in [-0.2, -0.15) is 0 Å². The average molecular weight is 205 g/mol. The van der Waals surface area contributed by atoms with Crippen LogP contribution in [0.3, 0.4) is 0 Å². The standard InChI is InChI=1S/C14H23N/c1-5-12(4)10-15-14-9-7-6-8-13(14)11(2)3/h6-9,11-12,15H,5,10H2,1-4H3. The second-order valence-corrected chi connectivity index (χ2v) is 4.64. The van der Waals surface area contributed by atoms with Crippen molar-refractivity contribution in [2.75, 3.05) is 11.9 Å². The van der Waals surface area contributed by atoms with Gasteiger partial charge in [-0.05, 0) is 23.5 Å². The lowest BCUT2D eigenvalue weighted by Crippen LogP contribution is -2.11. The summed E-state index contributed by atoms with van der Waals surface area (Å²) in [4.78, 5) is 0. The normalized spacial score (nSPS) is 12.9. The third-order valence-corrected chi connectivity index (χ3v) is 2.92. The molecular formula is C14H23N. The number of para-hydroxylation sites is 1. The minimum Gasteiger partial charge on any atom is -0.385 e. The number of benzene rings is 1. The van der Waals surface area contributed by atoms with E-state index in [9.17, 15) is 0 Å². The number of rotatable bonds is 5. The molecule has 0 saturated carbocycles. The molecule has 1 atom stereocenters. The molecule has 1 aromatic rings. The average Bonchev–Trinajstić information content (AvgIpc) is 2.26. The topological polar surface area (TPSA) is 12.0 Å². The summed E-state index contributed by atoms with van der Waals surface area (Å²) in [5, 5.41) is 3.55. The molecule has 1 nitrogen and oxygen atoms in total. The van der Waals surface area contributed by atoms with Crippen LogP contribution in [0.2, 0.25) is 0 Å². The van der Waals surface area contributed by atoms with Crippen LogP contribution in [0.1, 0.15) is 45.6 Å². The molecule has 0 radical (unpaired) electrons. The Bertz CT molecular complexity index is 291. The van der Waals surface area contributed by atoms with Crippen molar-refractivity contribution in [3.05, 3.63) is 29.8 Å². The second-order valence-electron chi connectivity index (χ2n) is 4.64. The maximum absolute atomic E-state index is 3.55. The van der Waals surface area contributed by atoms with Crippen LogP contribution < -0.4 is 5.32 Å². The summed E-state index contributed by atoms with van der Waals surface area (Å²) in [6, 6.07) is 8.61. The first-order valence-corrected chi connectivity index (χ1v) is 5.98. The van der Waals surface area contributed by atoms with E-state index in [0.717, 1.165) is 12.5 Å². The summed E-state index contributed by atoms with van der Waals surface area (Å²) >= 11 is 0. The maximum Gasteiger partial charge on any atom is 0.0375 e. The summed E-state index contributed by atoms with van der Waals surface area (Å²) in [6.45, 7) is 10.1. The van der Waals surface area contributed by atoms with Gasteiger partial charge in [-0.3, -0.25) is 0 Å². The largest absolute Gasteiger partial charge is 0.385 e. The Morgan fingerprint density at radius 2 is 1.80 bits per heavy atom. The zero-order chi connectivity index (χ0) is 11.3. The zero-order valence-electron chi connectivity index (χ0n) is 10.4. The third kappa shape index (κ3) is 3.58. The second kappa shape index (κ2) is 5.79. The van der Waals surface area contributed by atoms with Gasteiger partial charge in [0.15, 0.2) is 0 Å². The van der Waals surface area contributed by atoms with E-state index < -0.39 is 0 Å². The summed E-state index contributed by atoms with van der Waals surface area (Å²) in [7, 11) is 0. The highest BCUT2D eigenvalue weighted by Crippen LogP contribution is 2.23. The van der Waals surface area contributed by atoms with Gasteiger partial charge < -0.3 is 5.32 Å². The van der Waals surface area contributed by atoms with Gasteiger partial charge in [0.25, 0.3) is 0 Å². The molecule has 0 bridgehead atoms. The highest BCUT2D eigenvalue weighted by Gasteiger charge is 2.05. The first-order chi connectivity index (χ1) is 7.15. The van der Waals surface area contributed by atoms with Crippen molar-refractivity contribution in [1.29, 1.82) is 0 Å². The molecule has 0 heterocycles. The third-order valence-electron chi connectivity index (χ3n) is 2.92. The molecule has 1 unspecified atom stereocenters. The van der Waals surface area contributed by atoms with Crippen molar-refractivity contribution in [1.82, 2.24) is 0 Å². The Hall–Kier alpha value is -0.980. The van der Waals surface area contributed by atoms with Gasteiger partial charge in [0, 0.05) is 12.2 Å². The van der Waals surface area contributed by atoms with E-state index in [1.807, 2.05) is 0 Å². The van der Waals surface area contributed by atoms with E-state index in [1.165, 1.54) is 17.7 Å². The Morgan fingerprint density at radius 1 is 1.13 bits per heavy atom. The number of hydrogen-bond donors (Lipinski definition) is 1. The number of hydrogen-bond acceptors (Lipinski definition) is 1. The first kappa shape index (κ1) is 12.1. The molecule has 0 aliphatic carbocycles. The van der Waals surface area contributed by atoms with Gasteiger partial charge in [-0.1, -0.05) is 52.3 Å². The Labute approximate surface area is 93.9 Å². The molecule has 0 fully saturated rings. The highest BCUT2D eigenvalue weighted by atomic mass is 14.9. The van der Waals surface area contributed by atoms with Gasteiger partial charge in [0.2, 0.25) is 0 Å². The zero-order valence-corrected chi connectivity index (χ0v) is 10.4. The lowest BCUT2D eigenvalue weighted by Gasteiger charge is -2.16. The van der Waals surface area contributed by atoms with Gasteiger partial charge in [0.1, 0.15) is 0 Å². The Morgan fingerprint density at radius 3 is 2.40 bits per heavy atom. The van der Waals surface area contributed by atoms with E-state index in [2.05, 4.69) is 57.3 Å². The molecule has 84 valence electrons. The van der Waals surface area contributed by atoms with Crippen LogP contribution in [0.15, 0.2) is 24.3 Å². The van der Waals surface area contributed by atoms with Crippen molar-refractivity contribution in [3.63, 3.8) is 0 Å². The predicted octanol–water partition coefficient (Wildman–Crippen LogP) is 4.27. The Kier molecular flexibility index (Phi) is 4.67. The van der Waals surface area contributed by atoms with E-state index in [1.54, 1.807) is 0 Å². The van der Waals surface area contributed by atoms with Crippen molar-refractivity contribution in [2.45, 2.75) is 40.0 Å². The van der Waals surface area contributed by atoms with E-state index in [4.69, 9.17) is 0 Å². The van der Waals surface area contributed by atoms with Crippen LogP contribution in [0.5, 0.6) is 0 Å². The van der Waals surface area contributed by atoms with Gasteiger partial charge in [-0.25, -0.2) is 0 Å². The maximum atomic E-state index is 3.55. The molecule has 0 aliphatic heterocycles.